The van der Waals surface area contributed by atoms with Gasteiger partial charge in [0.05, 0.1) is 16.8 Å². The van der Waals surface area contributed by atoms with E-state index in [1.54, 1.807) is 6.07 Å². The first-order valence-corrected chi connectivity index (χ1v) is 4.90. The van der Waals surface area contributed by atoms with Gasteiger partial charge >= 0.3 is 6.18 Å². The normalized spacial score (nSPS) is 11.5. The van der Waals surface area contributed by atoms with Gasteiger partial charge in [-0.1, -0.05) is 0 Å². The van der Waals surface area contributed by atoms with Crippen molar-refractivity contribution >= 4 is 5.91 Å². The summed E-state index contributed by atoms with van der Waals surface area (Å²) in [7, 11) is 0. The summed E-state index contributed by atoms with van der Waals surface area (Å²) in [6, 6.07) is 4.35. The molecule has 2 N–H and O–H groups in total. The highest BCUT2D eigenvalue weighted by molar-refractivity contribution is 5.96. The van der Waals surface area contributed by atoms with Gasteiger partial charge in [-0.25, -0.2) is 4.68 Å². The number of amides is 1. The first kappa shape index (κ1) is 12.2. The van der Waals surface area contributed by atoms with Gasteiger partial charge in [0.2, 0.25) is 0 Å². The maximum Gasteiger partial charge on any atom is 0.416 e. The van der Waals surface area contributed by atoms with E-state index in [1.807, 2.05) is 0 Å². The molecule has 0 saturated carbocycles. The summed E-state index contributed by atoms with van der Waals surface area (Å²) in [5.74, 6) is -0.938. The van der Waals surface area contributed by atoms with Crippen molar-refractivity contribution in [1.82, 2.24) is 9.78 Å². The van der Waals surface area contributed by atoms with Gasteiger partial charge in [0.1, 0.15) is 0 Å². The average molecular weight is 255 g/mol. The number of halogens is 3. The van der Waals surface area contributed by atoms with Crippen LogP contribution in [0.3, 0.4) is 0 Å². The standard InChI is InChI=1S/C11H8F3N3O/c12-11(13,14)7-2-3-9(8(6-7)10(15)18)17-5-1-4-16-17/h1-6H,(H2,15,18). The van der Waals surface area contributed by atoms with Gasteiger partial charge in [0, 0.05) is 12.4 Å². The van der Waals surface area contributed by atoms with Crippen LogP contribution in [-0.2, 0) is 6.18 Å². The Morgan fingerprint density at radius 2 is 2.06 bits per heavy atom. The van der Waals surface area contributed by atoms with Gasteiger partial charge in [0.25, 0.3) is 5.91 Å². The molecule has 4 nitrogen and oxygen atoms in total. The second-order valence-corrected chi connectivity index (χ2v) is 3.54. The second kappa shape index (κ2) is 4.17. The number of nitrogens with two attached hydrogens (primary N) is 1. The molecule has 0 aliphatic rings. The van der Waals surface area contributed by atoms with Crippen LogP contribution in [0.1, 0.15) is 15.9 Å². The number of aromatic nitrogens is 2. The van der Waals surface area contributed by atoms with Gasteiger partial charge in [0.15, 0.2) is 0 Å². The fourth-order valence-corrected chi connectivity index (χ4v) is 1.52. The Labute approximate surface area is 99.8 Å². The Kier molecular flexibility index (Phi) is 2.82. The summed E-state index contributed by atoms with van der Waals surface area (Å²) in [4.78, 5) is 11.2. The molecule has 0 bridgehead atoms. The Bertz CT molecular complexity index is 576. The predicted octanol–water partition coefficient (Wildman–Crippen LogP) is 1.99. The van der Waals surface area contributed by atoms with E-state index < -0.39 is 17.6 Å². The lowest BCUT2D eigenvalue weighted by Gasteiger charge is -2.11. The monoisotopic (exact) mass is 255 g/mol. The van der Waals surface area contributed by atoms with Crippen LogP contribution in [0.5, 0.6) is 0 Å². The molecule has 0 fully saturated rings. The van der Waals surface area contributed by atoms with Crippen LogP contribution in [0.15, 0.2) is 36.7 Å². The lowest BCUT2D eigenvalue weighted by atomic mass is 10.1. The summed E-state index contributed by atoms with van der Waals surface area (Å²) in [5.41, 5.74) is 4.14. The molecule has 0 unspecified atom stereocenters. The molecule has 2 aromatic rings. The largest absolute Gasteiger partial charge is 0.416 e. The molecule has 1 aromatic carbocycles. The van der Waals surface area contributed by atoms with Crippen LogP contribution in [-0.4, -0.2) is 15.7 Å². The molecular weight excluding hydrogens is 247 g/mol. The van der Waals surface area contributed by atoms with Crippen LogP contribution in [0.2, 0.25) is 0 Å². The maximum atomic E-state index is 12.5. The molecule has 1 heterocycles. The molecule has 94 valence electrons. The van der Waals surface area contributed by atoms with E-state index in [-0.39, 0.29) is 11.3 Å². The lowest BCUT2D eigenvalue weighted by molar-refractivity contribution is -0.137. The first-order chi connectivity index (χ1) is 8.39. The van der Waals surface area contributed by atoms with Crippen molar-refractivity contribution in [3.63, 3.8) is 0 Å². The highest BCUT2D eigenvalue weighted by Crippen LogP contribution is 2.31. The lowest BCUT2D eigenvalue weighted by Crippen LogP contribution is -2.17. The van der Waals surface area contributed by atoms with Crippen molar-refractivity contribution in [2.75, 3.05) is 0 Å². The molecule has 0 aliphatic carbocycles. The minimum absolute atomic E-state index is 0.209. The van der Waals surface area contributed by atoms with E-state index in [1.165, 1.54) is 17.1 Å². The minimum Gasteiger partial charge on any atom is -0.366 e. The Balaban J connectivity index is 2.59. The summed E-state index contributed by atoms with van der Waals surface area (Å²) in [6.07, 6.45) is -1.57. The molecule has 0 atom stereocenters. The second-order valence-electron chi connectivity index (χ2n) is 3.54. The summed E-state index contributed by atoms with van der Waals surface area (Å²) in [6.45, 7) is 0. The molecule has 18 heavy (non-hydrogen) atoms. The number of carbonyl (C=O) groups is 1. The van der Waals surface area contributed by atoms with Crippen LogP contribution < -0.4 is 5.73 Å². The van der Waals surface area contributed by atoms with Crippen LogP contribution in [0, 0.1) is 0 Å². The number of benzene rings is 1. The van der Waals surface area contributed by atoms with Crippen molar-refractivity contribution in [2.45, 2.75) is 6.18 Å². The zero-order chi connectivity index (χ0) is 13.3. The van der Waals surface area contributed by atoms with Gasteiger partial charge in [-0.2, -0.15) is 18.3 Å². The summed E-state index contributed by atoms with van der Waals surface area (Å²) in [5, 5.41) is 3.85. The molecule has 0 aliphatic heterocycles. The number of hydrogen-bond donors (Lipinski definition) is 1. The number of alkyl halides is 3. The first-order valence-electron chi connectivity index (χ1n) is 4.90. The van der Waals surface area contributed by atoms with Crippen LogP contribution in [0.25, 0.3) is 5.69 Å². The van der Waals surface area contributed by atoms with Crippen molar-refractivity contribution < 1.29 is 18.0 Å². The van der Waals surface area contributed by atoms with E-state index in [2.05, 4.69) is 5.10 Å². The molecule has 1 amide bonds. The van der Waals surface area contributed by atoms with Crippen LogP contribution >= 0.6 is 0 Å². The quantitative estimate of drug-likeness (QED) is 0.892. The third-order valence-corrected chi connectivity index (χ3v) is 2.34. The average Bonchev–Trinajstić information content (AvgIpc) is 2.80. The summed E-state index contributed by atoms with van der Waals surface area (Å²) < 4.78 is 38.9. The number of primary amides is 1. The van der Waals surface area contributed by atoms with Crippen molar-refractivity contribution in [1.29, 1.82) is 0 Å². The van der Waals surface area contributed by atoms with Crippen molar-refractivity contribution in [2.24, 2.45) is 5.73 Å². The SMILES string of the molecule is NC(=O)c1cc(C(F)(F)F)ccc1-n1cccn1. The third kappa shape index (κ3) is 2.20. The Hall–Kier alpha value is -2.31. The minimum atomic E-state index is -4.52. The third-order valence-electron chi connectivity index (χ3n) is 2.34. The van der Waals surface area contributed by atoms with Crippen LogP contribution in [0.4, 0.5) is 13.2 Å². The molecule has 0 radical (unpaired) electrons. The molecule has 1 aromatic heterocycles. The van der Waals surface area contributed by atoms with E-state index in [4.69, 9.17) is 5.73 Å². The van der Waals surface area contributed by atoms with Gasteiger partial charge < -0.3 is 5.73 Å². The predicted molar refractivity (Wildman–Crippen MR) is 57.1 cm³/mol. The van der Waals surface area contributed by atoms with Crippen molar-refractivity contribution in [3.8, 4) is 5.69 Å². The van der Waals surface area contributed by atoms with E-state index in [0.717, 1.165) is 18.2 Å². The maximum absolute atomic E-state index is 12.5. The molecule has 0 saturated heterocycles. The zero-order valence-electron chi connectivity index (χ0n) is 8.98. The topological polar surface area (TPSA) is 60.9 Å². The smallest absolute Gasteiger partial charge is 0.366 e. The molecule has 2 rings (SSSR count). The van der Waals surface area contributed by atoms with Gasteiger partial charge in [-0.15, -0.1) is 0 Å². The molecule has 7 heteroatoms. The number of nitrogens with zero attached hydrogens (tertiary/aromatic N) is 2. The van der Waals surface area contributed by atoms with E-state index in [0.29, 0.717) is 0 Å². The highest BCUT2D eigenvalue weighted by Gasteiger charge is 2.31. The number of hydrogen-bond acceptors (Lipinski definition) is 2. The molecule has 0 spiro atoms. The van der Waals surface area contributed by atoms with Gasteiger partial charge in [-0.3, -0.25) is 4.79 Å². The zero-order valence-corrected chi connectivity index (χ0v) is 8.98. The fourth-order valence-electron chi connectivity index (χ4n) is 1.52. The highest BCUT2D eigenvalue weighted by atomic mass is 19.4. The van der Waals surface area contributed by atoms with Crippen molar-refractivity contribution in [3.05, 3.63) is 47.8 Å². The Morgan fingerprint density at radius 1 is 1.33 bits per heavy atom. The van der Waals surface area contributed by atoms with E-state index >= 15 is 0 Å². The Morgan fingerprint density at radius 3 is 2.56 bits per heavy atom. The van der Waals surface area contributed by atoms with E-state index in [9.17, 15) is 18.0 Å². The number of carbonyl (C=O) groups excluding carboxylic acids is 1. The van der Waals surface area contributed by atoms with Gasteiger partial charge in [-0.05, 0) is 24.3 Å². The number of rotatable bonds is 2. The fraction of sp³-hybridized carbons (Fsp3) is 0.0909. The summed E-state index contributed by atoms with van der Waals surface area (Å²) >= 11 is 0. The molecular formula is C11H8F3N3O.